The van der Waals surface area contributed by atoms with Crippen molar-refractivity contribution < 1.29 is 0 Å². The maximum Gasteiger partial charge on any atom is 0.0294 e. The van der Waals surface area contributed by atoms with E-state index in [0.717, 1.165) is 5.75 Å². The SMILES string of the molecule is CC(C)=C(CSc1ccc(C)cc1)Sc1ccccc1. The van der Waals surface area contributed by atoms with Crippen molar-refractivity contribution >= 4 is 23.5 Å². The summed E-state index contributed by atoms with van der Waals surface area (Å²) in [6.07, 6.45) is 0. The highest BCUT2D eigenvalue weighted by molar-refractivity contribution is 8.06. The van der Waals surface area contributed by atoms with Gasteiger partial charge < -0.3 is 0 Å². The third-order valence-electron chi connectivity index (χ3n) is 2.93. The van der Waals surface area contributed by atoms with Gasteiger partial charge in [-0.25, -0.2) is 0 Å². The van der Waals surface area contributed by atoms with Gasteiger partial charge in [0.2, 0.25) is 0 Å². The maximum absolute atomic E-state index is 2.20. The third kappa shape index (κ3) is 4.77. The van der Waals surface area contributed by atoms with Gasteiger partial charge in [0, 0.05) is 15.5 Å². The molecule has 0 atom stereocenters. The van der Waals surface area contributed by atoms with E-state index >= 15 is 0 Å². The van der Waals surface area contributed by atoms with Gasteiger partial charge in [-0.3, -0.25) is 0 Å². The number of thioether (sulfide) groups is 2. The van der Waals surface area contributed by atoms with Crippen molar-refractivity contribution in [1.82, 2.24) is 0 Å². The lowest BCUT2D eigenvalue weighted by Gasteiger charge is -2.10. The quantitative estimate of drug-likeness (QED) is 0.605. The molecule has 104 valence electrons. The van der Waals surface area contributed by atoms with Crippen LogP contribution in [0.5, 0.6) is 0 Å². The number of rotatable bonds is 5. The van der Waals surface area contributed by atoms with E-state index < -0.39 is 0 Å². The van der Waals surface area contributed by atoms with Crippen LogP contribution in [0.15, 0.2) is 74.9 Å². The van der Waals surface area contributed by atoms with Gasteiger partial charge in [-0.15, -0.1) is 11.8 Å². The van der Waals surface area contributed by atoms with E-state index in [9.17, 15) is 0 Å². The van der Waals surface area contributed by atoms with Crippen LogP contribution in [0.1, 0.15) is 19.4 Å². The molecule has 2 heteroatoms. The normalized spacial score (nSPS) is 10.3. The van der Waals surface area contributed by atoms with Gasteiger partial charge in [0.25, 0.3) is 0 Å². The summed E-state index contributed by atoms with van der Waals surface area (Å²) >= 11 is 3.78. The van der Waals surface area contributed by atoms with Crippen LogP contribution in [0.2, 0.25) is 0 Å². The first-order chi connectivity index (χ1) is 9.65. The monoisotopic (exact) mass is 300 g/mol. The van der Waals surface area contributed by atoms with Crippen molar-refractivity contribution in [1.29, 1.82) is 0 Å². The number of allylic oxidation sites excluding steroid dienone is 1. The van der Waals surface area contributed by atoms with E-state index in [0.29, 0.717) is 0 Å². The van der Waals surface area contributed by atoms with Gasteiger partial charge in [-0.05, 0) is 49.9 Å². The Kier molecular flexibility index (Phi) is 5.81. The molecule has 0 bridgehead atoms. The molecular weight excluding hydrogens is 280 g/mol. The molecule has 20 heavy (non-hydrogen) atoms. The first-order valence-electron chi connectivity index (χ1n) is 6.74. The Morgan fingerprint density at radius 1 is 0.850 bits per heavy atom. The summed E-state index contributed by atoms with van der Waals surface area (Å²) in [6, 6.07) is 19.4. The van der Waals surface area contributed by atoms with Gasteiger partial charge in [0.05, 0.1) is 0 Å². The Hall–Kier alpha value is -1.12. The number of aryl methyl sites for hydroxylation is 1. The molecule has 0 aliphatic carbocycles. The lowest BCUT2D eigenvalue weighted by molar-refractivity contribution is 1.33. The summed E-state index contributed by atoms with van der Waals surface area (Å²) in [5.41, 5.74) is 2.72. The van der Waals surface area contributed by atoms with Crippen LogP contribution >= 0.6 is 23.5 Å². The molecule has 0 spiro atoms. The topological polar surface area (TPSA) is 0 Å². The van der Waals surface area contributed by atoms with Crippen LogP contribution in [0.25, 0.3) is 0 Å². The minimum Gasteiger partial charge on any atom is -0.121 e. The van der Waals surface area contributed by atoms with Crippen molar-refractivity contribution in [2.24, 2.45) is 0 Å². The smallest absolute Gasteiger partial charge is 0.0294 e. The second-order valence-electron chi connectivity index (χ2n) is 4.94. The first kappa shape index (κ1) is 15.3. The summed E-state index contributed by atoms with van der Waals surface area (Å²) < 4.78 is 0. The Labute approximate surface area is 130 Å². The van der Waals surface area contributed by atoms with E-state index in [1.54, 1.807) is 0 Å². The van der Waals surface area contributed by atoms with Crippen molar-refractivity contribution in [2.75, 3.05) is 5.75 Å². The fraction of sp³-hybridized carbons (Fsp3) is 0.222. The van der Waals surface area contributed by atoms with Gasteiger partial charge in [-0.1, -0.05) is 53.2 Å². The Morgan fingerprint density at radius 2 is 1.50 bits per heavy atom. The van der Waals surface area contributed by atoms with Crippen molar-refractivity contribution in [3.8, 4) is 0 Å². The molecule has 0 aliphatic heterocycles. The van der Waals surface area contributed by atoms with E-state index in [-0.39, 0.29) is 0 Å². The molecule has 2 rings (SSSR count). The molecule has 0 heterocycles. The summed E-state index contributed by atoms with van der Waals surface area (Å²) in [6.45, 7) is 6.52. The van der Waals surface area contributed by atoms with Crippen LogP contribution in [0, 0.1) is 6.92 Å². The predicted octanol–water partition coefficient (Wildman–Crippen LogP) is 6.17. The summed E-state index contributed by atoms with van der Waals surface area (Å²) in [5, 5.41) is 0. The standard InChI is InChI=1S/C18H20S2/c1-14(2)18(20-17-7-5-4-6-8-17)13-19-16-11-9-15(3)10-12-16/h4-12H,13H2,1-3H3. The zero-order valence-corrected chi connectivity index (χ0v) is 13.9. The minimum atomic E-state index is 1.03. The average Bonchev–Trinajstić information content (AvgIpc) is 2.46. The molecule has 0 amide bonds. The third-order valence-corrected chi connectivity index (χ3v) is 5.46. The Morgan fingerprint density at radius 3 is 2.10 bits per heavy atom. The summed E-state index contributed by atoms with van der Waals surface area (Å²) in [5.74, 6) is 1.03. The molecular formula is C18H20S2. The zero-order chi connectivity index (χ0) is 14.4. The fourth-order valence-corrected chi connectivity index (χ4v) is 3.80. The van der Waals surface area contributed by atoms with Crippen molar-refractivity contribution in [3.05, 3.63) is 70.6 Å². The summed E-state index contributed by atoms with van der Waals surface area (Å²) in [4.78, 5) is 4.10. The molecule has 2 aromatic rings. The van der Waals surface area contributed by atoms with Crippen molar-refractivity contribution in [3.63, 3.8) is 0 Å². The molecule has 0 radical (unpaired) electrons. The molecule has 0 saturated carbocycles. The highest BCUT2D eigenvalue weighted by Gasteiger charge is 2.04. The molecule has 0 nitrogen and oxygen atoms in total. The van der Waals surface area contributed by atoms with Gasteiger partial charge >= 0.3 is 0 Å². The van der Waals surface area contributed by atoms with Crippen LogP contribution in [-0.4, -0.2) is 5.75 Å². The van der Waals surface area contributed by atoms with Gasteiger partial charge in [-0.2, -0.15) is 0 Å². The average molecular weight is 300 g/mol. The second-order valence-corrected chi connectivity index (χ2v) is 7.16. The van der Waals surface area contributed by atoms with E-state index in [2.05, 4.69) is 75.4 Å². The maximum atomic E-state index is 2.20. The van der Waals surface area contributed by atoms with E-state index in [1.807, 2.05) is 23.5 Å². The fourth-order valence-electron chi connectivity index (χ4n) is 1.69. The molecule has 0 unspecified atom stereocenters. The second kappa shape index (κ2) is 7.61. The molecule has 0 aromatic heterocycles. The van der Waals surface area contributed by atoms with Gasteiger partial charge in [0.1, 0.15) is 0 Å². The zero-order valence-electron chi connectivity index (χ0n) is 12.2. The lowest BCUT2D eigenvalue weighted by Crippen LogP contribution is -1.87. The molecule has 0 fully saturated rings. The van der Waals surface area contributed by atoms with Crippen LogP contribution in [0.3, 0.4) is 0 Å². The van der Waals surface area contributed by atoms with Crippen molar-refractivity contribution in [2.45, 2.75) is 30.6 Å². The molecule has 0 N–H and O–H groups in total. The number of hydrogen-bond acceptors (Lipinski definition) is 2. The van der Waals surface area contributed by atoms with Crippen LogP contribution in [0.4, 0.5) is 0 Å². The molecule has 0 saturated heterocycles. The number of hydrogen-bond donors (Lipinski definition) is 0. The predicted molar refractivity (Wildman–Crippen MR) is 92.6 cm³/mol. The largest absolute Gasteiger partial charge is 0.121 e. The first-order valence-corrected chi connectivity index (χ1v) is 8.54. The highest BCUT2D eigenvalue weighted by Crippen LogP contribution is 2.33. The molecule has 2 aromatic carbocycles. The minimum absolute atomic E-state index is 1.03. The van der Waals surface area contributed by atoms with E-state index in [1.165, 1.54) is 25.8 Å². The van der Waals surface area contributed by atoms with Gasteiger partial charge in [0.15, 0.2) is 0 Å². The van der Waals surface area contributed by atoms with Crippen LogP contribution in [-0.2, 0) is 0 Å². The number of benzene rings is 2. The summed E-state index contributed by atoms with van der Waals surface area (Å²) in [7, 11) is 0. The lowest BCUT2D eigenvalue weighted by atomic mass is 10.2. The highest BCUT2D eigenvalue weighted by atomic mass is 32.2. The van der Waals surface area contributed by atoms with E-state index in [4.69, 9.17) is 0 Å². The Balaban J connectivity index is 2.00. The van der Waals surface area contributed by atoms with Crippen LogP contribution < -0.4 is 0 Å². The molecule has 0 aliphatic rings. The Bertz CT molecular complexity index is 564.